The minimum atomic E-state index is -0.352. The van der Waals surface area contributed by atoms with Crippen molar-refractivity contribution in [2.75, 3.05) is 6.61 Å². The maximum atomic E-state index is 12.0. The van der Waals surface area contributed by atoms with Crippen LogP contribution >= 0.6 is 0 Å². The van der Waals surface area contributed by atoms with E-state index in [0.717, 1.165) is 11.3 Å². The van der Waals surface area contributed by atoms with Crippen LogP contribution in [-0.4, -0.2) is 22.2 Å². The molecule has 0 saturated carbocycles. The Hall–Kier alpha value is -2.63. The lowest BCUT2D eigenvalue weighted by atomic mass is 10.1. The van der Waals surface area contributed by atoms with Gasteiger partial charge in [-0.3, -0.25) is 10.2 Å². The Morgan fingerprint density at radius 3 is 2.76 bits per heavy atom. The summed E-state index contributed by atoms with van der Waals surface area (Å²) in [5.41, 5.74) is 6.68. The zero-order valence-corrected chi connectivity index (χ0v) is 12.1. The molecular weight excluding hydrogens is 268 g/mol. The van der Waals surface area contributed by atoms with Crippen LogP contribution in [0.4, 0.5) is 0 Å². The minimum Gasteiger partial charge on any atom is -0.494 e. The monoisotopic (exact) mass is 286 g/mol. The predicted octanol–water partition coefficient (Wildman–Crippen LogP) is 1.61. The van der Waals surface area contributed by atoms with Gasteiger partial charge in [0.25, 0.3) is 5.56 Å². The SMILES string of the molecule is CCOc1cccc(-c2cc(C(=N)N)c(=O)n(CC)n2)c1. The first-order valence-electron chi connectivity index (χ1n) is 6.76. The Morgan fingerprint density at radius 1 is 1.38 bits per heavy atom. The number of hydrogen-bond acceptors (Lipinski definition) is 4. The van der Waals surface area contributed by atoms with Crippen LogP contribution in [0, 0.1) is 5.41 Å². The molecule has 21 heavy (non-hydrogen) atoms. The van der Waals surface area contributed by atoms with Crippen LogP contribution in [0.15, 0.2) is 35.1 Å². The number of nitrogens with one attached hydrogen (secondary N) is 1. The molecule has 0 saturated heterocycles. The predicted molar refractivity (Wildman–Crippen MR) is 81.8 cm³/mol. The second kappa shape index (κ2) is 6.21. The van der Waals surface area contributed by atoms with E-state index in [1.165, 1.54) is 4.68 Å². The van der Waals surface area contributed by atoms with Crippen LogP contribution in [0.1, 0.15) is 19.4 Å². The molecule has 0 amide bonds. The van der Waals surface area contributed by atoms with E-state index >= 15 is 0 Å². The van der Waals surface area contributed by atoms with Gasteiger partial charge in [0.05, 0.1) is 17.9 Å². The number of amidine groups is 1. The molecule has 6 heteroatoms. The molecule has 110 valence electrons. The highest BCUT2D eigenvalue weighted by molar-refractivity contribution is 5.95. The molecule has 0 aliphatic carbocycles. The van der Waals surface area contributed by atoms with Gasteiger partial charge in [-0.05, 0) is 32.0 Å². The quantitative estimate of drug-likeness (QED) is 0.645. The van der Waals surface area contributed by atoms with Gasteiger partial charge in [0, 0.05) is 12.1 Å². The number of aromatic nitrogens is 2. The van der Waals surface area contributed by atoms with Crippen molar-refractivity contribution in [3.8, 4) is 17.0 Å². The molecule has 3 N–H and O–H groups in total. The first kappa shape index (κ1) is 14.8. The second-order valence-electron chi connectivity index (χ2n) is 4.44. The zero-order valence-electron chi connectivity index (χ0n) is 12.1. The third-order valence-electron chi connectivity index (χ3n) is 3.00. The summed E-state index contributed by atoms with van der Waals surface area (Å²) in [6.45, 7) is 4.72. The Kier molecular flexibility index (Phi) is 4.37. The van der Waals surface area contributed by atoms with E-state index in [1.807, 2.05) is 38.1 Å². The Labute approximate surface area is 122 Å². The molecular formula is C15H18N4O2. The molecule has 2 aromatic rings. The van der Waals surface area contributed by atoms with Gasteiger partial charge < -0.3 is 10.5 Å². The van der Waals surface area contributed by atoms with Crippen LogP contribution in [-0.2, 0) is 6.54 Å². The van der Waals surface area contributed by atoms with Crippen LogP contribution in [0.5, 0.6) is 5.75 Å². The van der Waals surface area contributed by atoms with Crippen LogP contribution < -0.4 is 16.0 Å². The Morgan fingerprint density at radius 2 is 2.14 bits per heavy atom. The van der Waals surface area contributed by atoms with Crippen LogP contribution in [0.25, 0.3) is 11.3 Å². The average Bonchev–Trinajstić information content (AvgIpc) is 2.48. The average molecular weight is 286 g/mol. The summed E-state index contributed by atoms with van der Waals surface area (Å²) in [5, 5.41) is 11.8. The first-order valence-corrected chi connectivity index (χ1v) is 6.76. The first-order chi connectivity index (χ1) is 10.1. The summed E-state index contributed by atoms with van der Waals surface area (Å²) in [4.78, 5) is 12.0. The summed E-state index contributed by atoms with van der Waals surface area (Å²) >= 11 is 0. The van der Waals surface area contributed by atoms with Crippen LogP contribution in [0.2, 0.25) is 0 Å². The maximum absolute atomic E-state index is 12.0. The van der Waals surface area contributed by atoms with E-state index in [0.29, 0.717) is 18.8 Å². The highest BCUT2D eigenvalue weighted by Gasteiger charge is 2.11. The fourth-order valence-corrected chi connectivity index (χ4v) is 2.00. The molecule has 1 heterocycles. The summed E-state index contributed by atoms with van der Waals surface area (Å²) in [7, 11) is 0. The lowest BCUT2D eigenvalue weighted by Gasteiger charge is -2.10. The molecule has 0 aliphatic heterocycles. The number of hydrogen-bond donors (Lipinski definition) is 2. The van der Waals surface area contributed by atoms with Crippen molar-refractivity contribution < 1.29 is 4.74 Å². The standard InChI is InChI=1S/C15H18N4O2/c1-3-19-15(20)12(14(16)17)9-13(18-19)10-6-5-7-11(8-10)21-4-2/h5-9H,3-4H2,1-2H3,(H3,16,17). The largest absolute Gasteiger partial charge is 0.494 e. The molecule has 0 radical (unpaired) electrons. The Bertz CT molecular complexity index is 722. The van der Waals surface area contributed by atoms with E-state index in [4.69, 9.17) is 15.9 Å². The van der Waals surface area contributed by atoms with Gasteiger partial charge in [-0.1, -0.05) is 12.1 Å². The summed E-state index contributed by atoms with van der Waals surface area (Å²) < 4.78 is 6.77. The van der Waals surface area contributed by atoms with Crippen LogP contribution in [0.3, 0.4) is 0 Å². The number of aryl methyl sites for hydroxylation is 1. The molecule has 6 nitrogen and oxygen atoms in total. The number of rotatable bonds is 5. The van der Waals surface area contributed by atoms with Gasteiger partial charge in [-0.25, -0.2) is 4.68 Å². The highest BCUT2D eigenvalue weighted by Crippen LogP contribution is 2.22. The molecule has 1 aromatic carbocycles. The number of nitrogen functional groups attached to an aromatic ring is 1. The minimum absolute atomic E-state index is 0.156. The molecule has 0 fully saturated rings. The number of nitrogens with two attached hydrogens (primary N) is 1. The molecule has 2 rings (SSSR count). The van der Waals surface area contributed by atoms with Gasteiger partial charge in [0.15, 0.2) is 0 Å². The molecule has 0 unspecified atom stereocenters. The second-order valence-corrected chi connectivity index (χ2v) is 4.44. The molecule has 0 atom stereocenters. The third kappa shape index (κ3) is 3.10. The molecule has 0 spiro atoms. The van der Waals surface area contributed by atoms with Crippen molar-refractivity contribution in [3.63, 3.8) is 0 Å². The molecule has 0 aliphatic rings. The summed E-state index contributed by atoms with van der Waals surface area (Å²) in [5.74, 6) is 0.474. The normalized spacial score (nSPS) is 10.4. The fourth-order valence-electron chi connectivity index (χ4n) is 2.00. The highest BCUT2D eigenvalue weighted by atomic mass is 16.5. The van der Waals surface area contributed by atoms with Crippen molar-refractivity contribution in [1.29, 1.82) is 5.41 Å². The van der Waals surface area contributed by atoms with E-state index in [2.05, 4.69) is 5.10 Å². The van der Waals surface area contributed by atoms with Crippen molar-refractivity contribution in [1.82, 2.24) is 9.78 Å². The smallest absolute Gasteiger partial charge is 0.277 e. The van der Waals surface area contributed by atoms with Gasteiger partial charge in [0.2, 0.25) is 0 Å². The van der Waals surface area contributed by atoms with Gasteiger partial charge >= 0.3 is 0 Å². The zero-order chi connectivity index (χ0) is 15.4. The third-order valence-corrected chi connectivity index (χ3v) is 3.00. The summed E-state index contributed by atoms with van der Waals surface area (Å²) in [6.07, 6.45) is 0. The van der Waals surface area contributed by atoms with E-state index in [9.17, 15) is 4.79 Å². The number of nitrogens with zero attached hydrogens (tertiary/aromatic N) is 2. The Balaban J connectivity index is 2.58. The van der Waals surface area contributed by atoms with Gasteiger partial charge in [-0.2, -0.15) is 5.10 Å². The van der Waals surface area contributed by atoms with Crippen molar-refractivity contribution in [2.24, 2.45) is 5.73 Å². The number of ether oxygens (including phenoxy) is 1. The fraction of sp³-hybridized carbons (Fsp3) is 0.267. The maximum Gasteiger partial charge on any atom is 0.277 e. The van der Waals surface area contributed by atoms with E-state index in [1.54, 1.807) is 6.07 Å². The van der Waals surface area contributed by atoms with Crippen molar-refractivity contribution in [2.45, 2.75) is 20.4 Å². The lowest BCUT2D eigenvalue weighted by Crippen LogP contribution is -2.31. The topological polar surface area (TPSA) is 94.0 Å². The number of benzene rings is 1. The van der Waals surface area contributed by atoms with Gasteiger partial charge in [-0.15, -0.1) is 0 Å². The molecule has 1 aromatic heterocycles. The summed E-state index contributed by atoms with van der Waals surface area (Å²) in [6, 6.07) is 8.98. The van der Waals surface area contributed by atoms with E-state index < -0.39 is 0 Å². The van der Waals surface area contributed by atoms with E-state index in [-0.39, 0.29) is 17.0 Å². The van der Waals surface area contributed by atoms with Crippen molar-refractivity contribution >= 4 is 5.84 Å². The van der Waals surface area contributed by atoms with Crippen molar-refractivity contribution in [3.05, 3.63) is 46.2 Å². The van der Waals surface area contributed by atoms with Gasteiger partial charge in [0.1, 0.15) is 11.6 Å². The molecule has 0 bridgehead atoms. The lowest BCUT2D eigenvalue weighted by molar-refractivity contribution is 0.340.